The Balaban J connectivity index is 1.75. The van der Waals surface area contributed by atoms with E-state index in [1.54, 1.807) is 17.8 Å². The topological polar surface area (TPSA) is 12.0 Å². The van der Waals surface area contributed by atoms with Crippen molar-refractivity contribution in [3.8, 4) is 0 Å². The molecule has 110 valence electrons. The van der Waals surface area contributed by atoms with Crippen molar-refractivity contribution in [2.24, 2.45) is 11.8 Å². The predicted octanol–water partition coefficient (Wildman–Crippen LogP) is 4.78. The van der Waals surface area contributed by atoms with Gasteiger partial charge in [0.1, 0.15) is 5.82 Å². The monoisotopic (exact) mass is 293 g/mol. The van der Waals surface area contributed by atoms with E-state index >= 15 is 0 Å². The summed E-state index contributed by atoms with van der Waals surface area (Å²) in [7, 11) is 0. The van der Waals surface area contributed by atoms with Crippen LogP contribution in [0.2, 0.25) is 0 Å². The lowest BCUT2D eigenvalue weighted by Gasteiger charge is -2.36. The zero-order valence-corrected chi connectivity index (χ0v) is 13.2. The van der Waals surface area contributed by atoms with Crippen LogP contribution in [-0.4, -0.2) is 11.8 Å². The zero-order valence-electron chi connectivity index (χ0n) is 12.4. The van der Waals surface area contributed by atoms with Crippen LogP contribution in [0.4, 0.5) is 4.39 Å². The molecule has 1 aromatic rings. The van der Waals surface area contributed by atoms with E-state index in [0.717, 1.165) is 28.9 Å². The first kappa shape index (κ1) is 14.4. The minimum atomic E-state index is -0.0515. The van der Waals surface area contributed by atoms with E-state index in [4.69, 9.17) is 0 Å². The normalized spacial score (nSPS) is 33.8. The third kappa shape index (κ3) is 3.04. The summed E-state index contributed by atoms with van der Waals surface area (Å²) >= 11 is 1.67. The maximum atomic E-state index is 13.9. The van der Waals surface area contributed by atoms with Gasteiger partial charge in [-0.1, -0.05) is 26.0 Å². The van der Waals surface area contributed by atoms with Gasteiger partial charge in [0.05, 0.1) is 0 Å². The van der Waals surface area contributed by atoms with Crippen LogP contribution in [0.15, 0.2) is 23.1 Å². The average molecular weight is 293 g/mol. The molecule has 3 unspecified atom stereocenters. The second-order valence-electron chi connectivity index (χ2n) is 6.63. The Morgan fingerprint density at radius 2 is 1.90 bits per heavy atom. The first-order valence-electron chi connectivity index (χ1n) is 7.80. The molecule has 0 aromatic heterocycles. The van der Waals surface area contributed by atoms with Crippen molar-refractivity contribution in [2.45, 2.75) is 56.5 Å². The van der Waals surface area contributed by atoms with Crippen LogP contribution >= 0.6 is 11.8 Å². The van der Waals surface area contributed by atoms with Crippen molar-refractivity contribution in [3.05, 3.63) is 29.6 Å². The SMILES string of the molecule is CC1CC(C)CC(NC2CCSc3c(F)cccc32)C1. The Morgan fingerprint density at radius 3 is 2.65 bits per heavy atom. The first-order valence-corrected chi connectivity index (χ1v) is 8.79. The Labute approximate surface area is 125 Å². The van der Waals surface area contributed by atoms with Gasteiger partial charge in [-0.3, -0.25) is 0 Å². The summed E-state index contributed by atoms with van der Waals surface area (Å²) in [5, 5.41) is 3.82. The smallest absolute Gasteiger partial charge is 0.137 e. The van der Waals surface area contributed by atoms with Gasteiger partial charge in [0, 0.05) is 17.0 Å². The Morgan fingerprint density at radius 1 is 1.15 bits per heavy atom. The minimum absolute atomic E-state index is 0.0515. The van der Waals surface area contributed by atoms with E-state index in [1.807, 2.05) is 6.07 Å². The Hall–Kier alpha value is -0.540. The van der Waals surface area contributed by atoms with Crippen LogP contribution < -0.4 is 5.32 Å². The van der Waals surface area contributed by atoms with Crippen molar-refractivity contribution >= 4 is 11.8 Å². The quantitative estimate of drug-likeness (QED) is 0.842. The molecule has 0 radical (unpaired) electrons. The van der Waals surface area contributed by atoms with Crippen LogP contribution in [-0.2, 0) is 0 Å². The minimum Gasteiger partial charge on any atom is -0.307 e. The van der Waals surface area contributed by atoms with Gasteiger partial charge in [0.15, 0.2) is 0 Å². The van der Waals surface area contributed by atoms with E-state index in [2.05, 4.69) is 25.2 Å². The second kappa shape index (κ2) is 6.07. The van der Waals surface area contributed by atoms with Crippen LogP contribution in [0.3, 0.4) is 0 Å². The van der Waals surface area contributed by atoms with Crippen molar-refractivity contribution in [2.75, 3.05) is 5.75 Å². The van der Waals surface area contributed by atoms with E-state index in [-0.39, 0.29) is 5.82 Å². The van der Waals surface area contributed by atoms with Gasteiger partial charge in [-0.25, -0.2) is 4.39 Å². The molecule has 3 atom stereocenters. The molecule has 1 saturated carbocycles. The molecular weight excluding hydrogens is 269 g/mol. The fourth-order valence-corrected chi connectivity index (χ4v) is 5.07. The summed E-state index contributed by atoms with van der Waals surface area (Å²) in [6.07, 6.45) is 4.99. The maximum Gasteiger partial charge on any atom is 0.137 e. The van der Waals surface area contributed by atoms with Crippen LogP contribution in [0.1, 0.15) is 51.1 Å². The van der Waals surface area contributed by atoms with Crippen molar-refractivity contribution in [3.63, 3.8) is 0 Å². The van der Waals surface area contributed by atoms with Gasteiger partial charge in [-0.2, -0.15) is 0 Å². The third-order valence-corrected chi connectivity index (χ3v) is 5.80. The fraction of sp³-hybridized carbons (Fsp3) is 0.647. The lowest BCUT2D eigenvalue weighted by Crippen LogP contribution is -2.39. The van der Waals surface area contributed by atoms with Gasteiger partial charge in [0.25, 0.3) is 0 Å². The highest BCUT2D eigenvalue weighted by atomic mass is 32.2. The lowest BCUT2D eigenvalue weighted by molar-refractivity contribution is 0.223. The standard InChI is InChI=1S/C17H24FNS/c1-11-8-12(2)10-13(9-11)19-16-6-7-20-17-14(16)4-3-5-15(17)18/h3-5,11-13,16,19H,6-10H2,1-2H3. The molecule has 1 aliphatic carbocycles. The summed E-state index contributed by atoms with van der Waals surface area (Å²) < 4.78 is 13.9. The molecule has 1 heterocycles. The first-order chi connectivity index (χ1) is 9.63. The zero-order chi connectivity index (χ0) is 14.1. The average Bonchev–Trinajstić information content (AvgIpc) is 2.39. The second-order valence-corrected chi connectivity index (χ2v) is 7.73. The summed E-state index contributed by atoms with van der Waals surface area (Å²) in [5.74, 6) is 2.58. The molecule has 0 bridgehead atoms. The molecule has 0 saturated heterocycles. The van der Waals surface area contributed by atoms with Gasteiger partial charge in [-0.15, -0.1) is 11.8 Å². The van der Waals surface area contributed by atoms with Crippen LogP contribution in [0.5, 0.6) is 0 Å². The van der Waals surface area contributed by atoms with E-state index in [1.165, 1.54) is 24.8 Å². The molecule has 1 N–H and O–H groups in total. The lowest BCUT2D eigenvalue weighted by atomic mass is 9.80. The number of fused-ring (bicyclic) bond motifs is 1. The Kier molecular flexibility index (Phi) is 4.37. The van der Waals surface area contributed by atoms with Crippen molar-refractivity contribution < 1.29 is 4.39 Å². The van der Waals surface area contributed by atoms with Crippen LogP contribution in [0, 0.1) is 17.7 Å². The summed E-state index contributed by atoms with van der Waals surface area (Å²) in [6.45, 7) is 4.71. The largest absolute Gasteiger partial charge is 0.307 e. The molecule has 1 nitrogen and oxygen atoms in total. The van der Waals surface area contributed by atoms with Crippen molar-refractivity contribution in [1.29, 1.82) is 0 Å². The molecule has 1 aromatic carbocycles. The molecule has 1 fully saturated rings. The number of benzene rings is 1. The summed E-state index contributed by atoms with van der Waals surface area (Å²) in [5.41, 5.74) is 1.17. The Bertz CT molecular complexity index is 466. The molecule has 3 heteroatoms. The molecule has 3 rings (SSSR count). The highest BCUT2D eigenvalue weighted by Crippen LogP contribution is 2.39. The number of hydrogen-bond acceptors (Lipinski definition) is 2. The highest BCUT2D eigenvalue weighted by Gasteiger charge is 2.29. The molecule has 20 heavy (non-hydrogen) atoms. The molecule has 0 amide bonds. The maximum absolute atomic E-state index is 13.9. The number of halogens is 1. The van der Waals surface area contributed by atoms with Gasteiger partial charge in [-0.05, 0) is 54.9 Å². The van der Waals surface area contributed by atoms with Crippen LogP contribution in [0.25, 0.3) is 0 Å². The van der Waals surface area contributed by atoms with Gasteiger partial charge in [0.2, 0.25) is 0 Å². The fourth-order valence-electron chi connectivity index (χ4n) is 3.93. The number of hydrogen-bond donors (Lipinski definition) is 1. The third-order valence-electron chi connectivity index (χ3n) is 4.64. The predicted molar refractivity (Wildman–Crippen MR) is 83.6 cm³/mol. The van der Waals surface area contributed by atoms with Gasteiger partial charge < -0.3 is 5.32 Å². The van der Waals surface area contributed by atoms with Crippen molar-refractivity contribution in [1.82, 2.24) is 5.32 Å². The molecule has 0 spiro atoms. The number of nitrogens with one attached hydrogen (secondary N) is 1. The molecule has 2 aliphatic rings. The van der Waals surface area contributed by atoms with E-state index < -0.39 is 0 Å². The summed E-state index contributed by atoms with van der Waals surface area (Å²) in [6, 6.07) is 6.46. The number of rotatable bonds is 2. The summed E-state index contributed by atoms with van der Waals surface area (Å²) in [4.78, 5) is 0.869. The molecular formula is C17H24FNS. The van der Waals surface area contributed by atoms with E-state index in [9.17, 15) is 4.39 Å². The molecule has 1 aliphatic heterocycles. The van der Waals surface area contributed by atoms with Gasteiger partial charge >= 0.3 is 0 Å². The van der Waals surface area contributed by atoms with E-state index in [0.29, 0.717) is 12.1 Å². The highest BCUT2D eigenvalue weighted by molar-refractivity contribution is 7.99. The number of thioether (sulfide) groups is 1.